The first-order valence-electron chi connectivity index (χ1n) is 8.62. The highest BCUT2D eigenvalue weighted by Crippen LogP contribution is 2.24. The summed E-state index contributed by atoms with van der Waals surface area (Å²) in [7, 11) is 0. The van der Waals surface area contributed by atoms with Gasteiger partial charge in [-0.05, 0) is 31.4 Å². The number of amides is 1. The van der Waals surface area contributed by atoms with Gasteiger partial charge in [0.05, 0.1) is 10.5 Å². The highest BCUT2D eigenvalue weighted by molar-refractivity contribution is 6.04. The lowest BCUT2D eigenvalue weighted by molar-refractivity contribution is -0.385. The number of hydrogen-bond donors (Lipinski definition) is 1. The molecule has 0 unspecified atom stereocenters. The SMILES string of the molecule is Cc1c(C(=O)O[C@@H](C)C(=O)Nc2cccc3ccccc23)cccc1[N+](=O)[O-]. The maximum Gasteiger partial charge on any atom is 0.339 e. The van der Waals surface area contributed by atoms with Crippen LogP contribution in [0.25, 0.3) is 10.8 Å². The fraction of sp³-hybridized carbons (Fsp3) is 0.143. The van der Waals surface area contributed by atoms with E-state index in [-0.39, 0.29) is 16.8 Å². The number of nitrogens with one attached hydrogen (secondary N) is 1. The molecule has 0 saturated carbocycles. The van der Waals surface area contributed by atoms with E-state index in [0.29, 0.717) is 5.69 Å². The predicted octanol–water partition coefficient (Wildman–Crippen LogP) is 4.24. The van der Waals surface area contributed by atoms with Crippen LogP contribution in [-0.2, 0) is 9.53 Å². The third kappa shape index (κ3) is 3.83. The number of ether oxygens (including phenoxy) is 1. The smallest absolute Gasteiger partial charge is 0.339 e. The van der Waals surface area contributed by atoms with Crippen molar-refractivity contribution in [2.24, 2.45) is 0 Å². The van der Waals surface area contributed by atoms with Gasteiger partial charge in [0.1, 0.15) is 0 Å². The second kappa shape index (κ2) is 7.87. The van der Waals surface area contributed by atoms with Crippen molar-refractivity contribution >= 4 is 34.0 Å². The van der Waals surface area contributed by atoms with Gasteiger partial charge in [0.15, 0.2) is 6.10 Å². The first kappa shape index (κ1) is 19.0. The normalized spacial score (nSPS) is 11.6. The summed E-state index contributed by atoms with van der Waals surface area (Å²) in [6.07, 6.45) is -1.08. The van der Waals surface area contributed by atoms with Gasteiger partial charge in [-0.2, -0.15) is 0 Å². The molecular weight excluding hydrogens is 360 g/mol. The second-order valence-electron chi connectivity index (χ2n) is 6.27. The molecule has 0 spiro atoms. The molecule has 0 aliphatic heterocycles. The summed E-state index contributed by atoms with van der Waals surface area (Å²) in [5.41, 5.74) is 0.679. The largest absolute Gasteiger partial charge is 0.449 e. The van der Waals surface area contributed by atoms with E-state index >= 15 is 0 Å². The summed E-state index contributed by atoms with van der Waals surface area (Å²) in [6.45, 7) is 2.92. The van der Waals surface area contributed by atoms with Crippen molar-refractivity contribution < 1.29 is 19.2 Å². The van der Waals surface area contributed by atoms with Crippen LogP contribution in [0.15, 0.2) is 60.7 Å². The average molecular weight is 378 g/mol. The summed E-state index contributed by atoms with van der Waals surface area (Å²) in [5, 5.41) is 15.6. The zero-order chi connectivity index (χ0) is 20.3. The molecular formula is C21H18N2O5. The summed E-state index contributed by atoms with van der Waals surface area (Å²) in [4.78, 5) is 35.3. The van der Waals surface area contributed by atoms with Crippen LogP contribution in [-0.4, -0.2) is 22.9 Å². The standard InChI is InChI=1S/C21H18N2O5/c1-13-16(10-6-12-19(13)23(26)27)21(25)28-14(2)20(24)22-18-11-5-8-15-7-3-4-9-17(15)18/h3-12,14H,1-2H3,(H,22,24)/t14-/m0/s1. The topological polar surface area (TPSA) is 98.5 Å². The molecule has 3 aromatic rings. The third-order valence-corrected chi connectivity index (χ3v) is 4.42. The molecule has 1 atom stereocenters. The lowest BCUT2D eigenvalue weighted by Crippen LogP contribution is -2.30. The molecule has 3 aromatic carbocycles. The van der Waals surface area contributed by atoms with Gasteiger partial charge in [-0.1, -0.05) is 42.5 Å². The number of benzene rings is 3. The molecule has 0 fully saturated rings. The number of hydrogen-bond acceptors (Lipinski definition) is 5. The van der Waals surface area contributed by atoms with Gasteiger partial charge in [0, 0.05) is 22.7 Å². The second-order valence-corrected chi connectivity index (χ2v) is 6.27. The van der Waals surface area contributed by atoms with Crippen molar-refractivity contribution in [2.75, 3.05) is 5.32 Å². The number of nitrogens with zero attached hydrogens (tertiary/aromatic N) is 1. The average Bonchev–Trinajstić information content (AvgIpc) is 2.68. The Morgan fingerprint density at radius 3 is 2.46 bits per heavy atom. The number of nitro benzene ring substituents is 1. The molecule has 7 nitrogen and oxygen atoms in total. The van der Waals surface area contributed by atoms with Gasteiger partial charge in [0.2, 0.25) is 0 Å². The van der Waals surface area contributed by atoms with Crippen LogP contribution < -0.4 is 5.32 Å². The van der Waals surface area contributed by atoms with Crippen LogP contribution >= 0.6 is 0 Å². The molecule has 0 aliphatic rings. The predicted molar refractivity (Wildman–Crippen MR) is 105 cm³/mol. The van der Waals surface area contributed by atoms with E-state index in [4.69, 9.17) is 4.74 Å². The van der Waals surface area contributed by atoms with Crippen LogP contribution in [0.5, 0.6) is 0 Å². The van der Waals surface area contributed by atoms with Gasteiger partial charge < -0.3 is 10.1 Å². The molecule has 1 N–H and O–H groups in total. The maximum absolute atomic E-state index is 12.5. The van der Waals surface area contributed by atoms with Gasteiger partial charge in [-0.15, -0.1) is 0 Å². The summed E-state index contributed by atoms with van der Waals surface area (Å²) in [6, 6.07) is 17.2. The van der Waals surface area contributed by atoms with Crippen molar-refractivity contribution in [2.45, 2.75) is 20.0 Å². The van der Waals surface area contributed by atoms with Crippen LogP contribution in [0.4, 0.5) is 11.4 Å². The molecule has 142 valence electrons. The van der Waals surface area contributed by atoms with Gasteiger partial charge in [-0.25, -0.2) is 4.79 Å². The van der Waals surface area contributed by atoms with Crippen molar-refractivity contribution in [1.29, 1.82) is 0 Å². The van der Waals surface area contributed by atoms with E-state index < -0.39 is 22.9 Å². The van der Waals surface area contributed by atoms with Crippen molar-refractivity contribution in [3.8, 4) is 0 Å². The van der Waals surface area contributed by atoms with Crippen molar-refractivity contribution in [1.82, 2.24) is 0 Å². The van der Waals surface area contributed by atoms with Crippen LogP contribution in [0, 0.1) is 17.0 Å². The molecule has 0 saturated heterocycles. The minimum Gasteiger partial charge on any atom is -0.449 e. The van der Waals surface area contributed by atoms with E-state index in [1.807, 2.05) is 36.4 Å². The first-order valence-corrected chi connectivity index (χ1v) is 8.62. The van der Waals surface area contributed by atoms with E-state index in [9.17, 15) is 19.7 Å². The number of carbonyl (C=O) groups is 2. The highest BCUT2D eigenvalue weighted by atomic mass is 16.6. The fourth-order valence-corrected chi connectivity index (χ4v) is 2.89. The third-order valence-electron chi connectivity index (χ3n) is 4.42. The Morgan fingerprint density at radius 2 is 1.71 bits per heavy atom. The van der Waals surface area contributed by atoms with Gasteiger partial charge >= 0.3 is 5.97 Å². The van der Waals surface area contributed by atoms with Crippen molar-refractivity contribution in [3.63, 3.8) is 0 Å². The lowest BCUT2D eigenvalue weighted by atomic mass is 10.1. The van der Waals surface area contributed by atoms with E-state index in [1.54, 1.807) is 6.07 Å². The van der Waals surface area contributed by atoms with Crippen LogP contribution in [0.3, 0.4) is 0 Å². The molecule has 0 radical (unpaired) electrons. The van der Waals surface area contributed by atoms with Crippen molar-refractivity contribution in [3.05, 3.63) is 81.9 Å². The Bertz CT molecular complexity index is 1070. The molecule has 1 amide bonds. The summed E-state index contributed by atoms with van der Waals surface area (Å²) < 4.78 is 5.22. The van der Waals surface area contributed by atoms with Gasteiger partial charge in [0.25, 0.3) is 11.6 Å². The molecule has 0 heterocycles. The monoisotopic (exact) mass is 378 g/mol. The maximum atomic E-state index is 12.5. The zero-order valence-electron chi connectivity index (χ0n) is 15.3. The molecule has 0 aliphatic carbocycles. The Kier molecular flexibility index (Phi) is 5.35. The first-order chi connectivity index (χ1) is 13.4. The quantitative estimate of drug-likeness (QED) is 0.407. The van der Waals surface area contributed by atoms with Crippen LogP contribution in [0.1, 0.15) is 22.8 Å². The zero-order valence-corrected chi connectivity index (χ0v) is 15.3. The number of fused-ring (bicyclic) bond motifs is 1. The van der Waals surface area contributed by atoms with E-state index in [0.717, 1.165) is 10.8 Å². The number of anilines is 1. The fourth-order valence-electron chi connectivity index (χ4n) is 2.89. The minimum absolute atomic E-state index is 0.0546. The Hall–Kier alpha value is -3.74. The van der Waals surface area contributed by atoms with Gasteiger partial charge in [-0.3, -0.25) is 14.9 Å². The molecule has 0 bridgehead atoms. The lowest BCUT2D eigenvalue weighted by Gasteiger charge is -2.15. The molecule has 7 heteroatoms. The van der Waals surface area contributed by atoms with E-state index in [2.05, 4.69) is 5.32 Å². The number of rotatable bonds is 5. The highest BCUT2D eigenvalue weighted by Gasteiger charge is 2.23. The number of nitro groups is 1. The molecule has 3 rings (SSSR count). The Labute approximate surface area is 161 Å². The molecule has 0 aromatic heterocycles. The van der Waals surface area contributed by atoms with Crippen LogP contribution in [0.2, 0.25) is 0 Å². The van der Waals surface area contributed by atoms with E-state index in [1.165, 1.54) is 32.0 Å². The number of esters is 1. The molecule has 28 heavy (non-hydrogen) atoms. The number of carbonyl (C=O) groups excluding carboxylic acids is 2. The summed E-state index contributed by atoms with van der Waals surface area (Å²) >= 11 is 0. The minimum atomic E-state index is -1.08. The summed E-state index contributed by atoms with van der Waals surface area (Å²) in [5.74, 6) is -1.28. The Morgan fingerprint density at radius 1 is 1.04 bits per heavy atom. The Balaban J connectivity index is 1.75.